The van der Waals surface area contributed by atoms with Crippen LogP contribution in [0.4, 0.5) is 10.1 Å². The molecular weight excluding hydrogens is 235 g/mol. The van der Waals surface area contributed by atoms with Gasteiger partial charge in [-0.15, -0.1) is 0 Å². The van der Waals surface area contributed by atoms with Gasteiger partial charge in [0.25, 0.3) is 5.91 Å². The molecule has 2 saturated heterocycles. The molecule has 2 bridgehead atoms. The summed E-state index contributed by atoms with van der Waals surface area (Å²) >= 11 is 0. The molecule has 3 N–H and O–H groups in total. The van der Waals surface area contributed by atoms with Crippen LogP contribution >= 0.6 is 0 Å². The van der Waals surface area contributed by atoms with E-state index in [1.54, 1.807) is 0 Å². The number of nitrogen functional groups attached to an aromatic ring is 1. The first kappa shape index (κ1) is 11.5. The molecule has 96 valence electrons. The molecule has 2 aliphatic rings. The molecule has 18 heavy (non-hydrogen) atoms. The Kier molecular flexibility index (Phi) is 2.70. The Morgan fingerprint density at radius 2 is 2.28 bits per heavy atom. The van der Waals surface area contributed by atoms with E-state index < -0.39 is 5.82 Å². The van der Waals surface area contributed by atoms with Gasteiger partial charge in [0.1, 0.15) is 5.82 Å². The van der Waals surface area contributed by atoms with Crippen molar-refractivity contribution >= 4 is 11.6 Å². The van der Waals surface area contributed by atoms with Crippen LogP contribution in [-0.2, 0) is 4.74 Å². The smallest absolute Gasteiger partial charge is 0.253 e. The van der Waals surface area contributed by atoms with Crippen LogP contribution in [0.2, 0.25) is 0 Å². The van der Waals surface area contributed by atoms with Gasteiger partial charge in [-0.25, -0.2) is 4.39 Å². The average Bonchev–Trinajstić information content (AvgIpc) is 2.94. The molecule has 0 saturated carbocycles. The first-order valence-corrected chi connectivity index (χ1v) is 6.15. The maximum atomic E-state index is 13.1. The predicted molar refractivity (Wildman–Crippen MR) is 64.6 cm³/mol. The summed E-state index contributed by atoms with van der Waals surface area (Å²) in [5.41, 5.74) is 6.16. The number of carbonyl (C=O) groups excluding carboxylic acids is 1. The number of fused-ring (bicyclic) bond motifs is 2. The van der Waals surface area contributed by atoms with Crippen molar-refractivity contribution in [2.75, 3.05) is 5.73 Å². The summed E-state index contributed by atoms with van der Waals surface area (Å²) in [6, 6.07) is 3.84. The zero-order chi connectivity index (χ0) is 12.7. The zero-order valence-electron chi connectivity index (χ0n) is 9.86. The van der Waals surface area contributed by atoms with E-state index in [4.69, 9.17) is 10.5 Å². The van der Waals surface area contributed by atoms with Crippen LogP contribution in [0.15, 0.2) is 18.2 Å². The number of anilines is 1. The molecule has 3 atom stereocenters. The summed E-state index contributed by atoms with van der Waals surface area (Å²) in [5, 5.41) is 2.88. The highest BCUT2D eigenvalue weighted by atomic mass is 19.1. The monoisotopic (exact) mass is 250 g/mol. The molecule has 2 fully saturated rings. The number of ether oxygens (including phenoxy) is 1. The Morgan fingerprint density at radius 1 is 1.44 bits per heavy atom. The summed E-state index contributed by atoms with van der Waals surface area (Å²) in [6.45, 7) is 0. The van der Waals surface area contributed by atoms with Crippen molar-refractivity contribution in [1.82, 2.24) is 5.32 Å². The molecule has 3 rings (SSSR count). The van der Waals surface area contributed by atoms with E-state index in [9.17, 15) is 9.18 Å². The SMILES string of the molecule is Nc1ccc(F)cc1C(=O)NC1CC2CCC1O2. The third-order valence-electron chi connectivity index (χ3n) is 3.68. The number of nitrogens with one attached hydrogen (secondary N) is 1. The molecule has 5 heteroatoms. The maximum Gasteiger partial charge on any atom is 0.253 e. The van der Waals surface area contributed by atoms with Crippen LogP contribution in [0.1, 0.15) is 29.6 Å². The van der Waals surface area contributed by atoms with Crippen molar-refractivity contribution in [1.29, 1.82) is 0 Å². The summed E-state index contributed by atoms with van der Waals surface area (Å²) < 4.78 is 18.8. The van der Waals surface area contributed by atoms with Gasteiger partial charge in [0.15, 0.2) is 0 Å². The topological polar surface area (TPSA) is 64.4 Å². The first-order chi connectivity index (χ1) is 8.63. The number of nitrogens with two attached hydrogens (primary N) is 1. The second kappa shape index (κ2) is 4.24. The van der Waals surface area contributed by atoms with E-state index in [1.165, 1.54) is 18.2 Å². The fourth-order valence-corrected chi connectivity index (χ4v) is 2.76. The molecule has 0 spiro atoms. The van der Waals surface area contributed by atoms with Crippen LogP contribution in [0, 0.1) is 5.82 Å². The lowest BCUT2D eigenvalue weighted by molar-refractivity contribution is 0.0841. The van der Waals surface area contributed by atoms with Crippen LogP contribution in [-0.4, -0.2) is 24.2 Å². The van der Waals surface area contributed by atoms with Crippen molar-refractivity contribution in [3.8, 4) is 0 Å². The van der Waals surface area contributed by atoms with Crippen LogP contribution in [0.25, 0.3) is 0 Å². The van der Waals surface area contributed by atoms with Crippen molar-refractivity contribution < 1.29 is 13.9 Å². The number of amides is 1. The van der Waals surface area contributed by atoms with Gasteiger partial charge in [-0.1, -0.05) is 0 Å². The normalized spacial score (nSPS) is 29.5. The number of rotatable bonds is 2. The second-order valence-electron chi connectivity index (χ2n) is 4.92. The second-order valence-corrected chi connectivity index (χ2v) is 4.92. The van der Waals surface area contributed by atoms with E-state index in [0.29, 0.717) is 0 Å². The molecule has 4 nitrogen and oxygen atoms in total. The van der Waals surface area contributed by atoms with E-state index >= 15 is 0 Å². The lowest BCUT2D eigenvalue weighted by Gasteiger charge is -2.20. The van der Waals surface area contributed by atoms with Gasteiger partial charge in [-0.05, 0) is 37.5 Å². The standard InChI is InChI=1S/C13H15FN2O2/c14-7-1-3-10(15)9(5-7)13(17)16-11-6-8-2-4-12(11)18-8/h1,3,5,8,11-12H,2,4,6,15H2,(H,16,17). The van der Waals surface area contributed by atoms with E-state index in [1.807, 2.05) is 0 Å². The molecule has 2 heterocycles. The lowest BCUT2D eigenvalue weighted by Crippen LogP contribution is -2.41. The first-order valence-electron chi connectivity index (χ1n) is 6.15. The number of benzene rings is 1. The number of hydrogen-bond acceptors (Lipinski definition) is 3. The average molecular weight is 250 g/mol. The number of halogens is 1. The summed E-state index contributed by atoms with van der Waals surface area (Å²) in [7, 11) is 0. The zero-order valence-corrected chi connectivity index (χ0v) is 9.86. The minimum Gasteiger partial charge on any atom is -0.398 e. The molecule has 1 aromatic rings. The third kappa shape index (κ3) is 1.95. The Balaban J connectivity index is 1.73. The fourth-order valence-electron chi connectivity index (χ4n) is 2.76. The molecule has 1 aromatic carbocycles. The van der Waals surface area contributed by atoms with E-state index in [-0.39, 0.29) is 35.4 Å². The quantitative estimate of drug-likeness (QED) is 0.781. The lowest BCUT2D eigenvalue weighted by atomic mass is 9.95. The van der Waals surface area contributed by atoms with Crippen molar-refractivity contribution in [2.24, 2.45) is 0 Å². The Hall–Kier alpha value is -1.62. The van der Waals surface area contributed by atoms with Crippen LogP contribution in [0.3, 0.4) is 0 Å². The van der Waals surface area contributed by atoms with Gasteiger partial charge in [0, 0.05) is 5.69 Å². The molecule has 2 aliphatic heterocycles. The van der Waals surface area contributed by atoms with E-state index in [2.05, 4.69) is 5.32 Å². The van der Waals surface area contributed by atoms with Crippen molar-refractivity contribution in [3.63, 3.8) is 0 Å². The number of carbonyl (C=O) groups is 1. The van der Waals surface area contributed by atoms with Gasteiger partial charge in [-0.2, -0.15) is 0 Å². The van der Waals surface area contributed by atoms with Gasteiger partial charge in [0.05, 0.1) is 23.8 Å². The van der Waals surface area contributed by atoms with E-state index in [0.717, 1.165) is 19.3 Å². The Morgan fingerprint density at radius 3 is 2.94 bits per heavy atom. The molecule has 0 aromatic heterocycles. The minimum absolute atomic E-state index is 0.0268. The highest BCUT2D eigenvalue weighted by molar-refractivity contribution is 5.99. The highest BCUT2D eigenvalue weighted by Gasteiger charge is 2.41. The summed E-state index contributed by atoms with van der Waals surface area (Å²) in [5.74, 6) is -0.785. The van der Waals surface area contributed by atoms with Gasteiger partial charge >= 0.3 is 0 Å². The summed E-state index contributed by atoms with van der Waals surface area (Å²) in [6.07, 6.45) is 3.26. The van der Waals surface area contributed by atoms with Gasteiger partial charge in [0.2, 0.25) is 0 Å². The van der Waals surface area contributed by atoms with Crippen molar-refractivity contribution in [2.45, 2.75) is 37.5 Å². The van der Waals surface area contributed by atoms with Crippen molar-refractivity contribution in [3.05, 3.63) is 29.6 Å². The maximum absolute atomic E-state index is 13.1. The predicted octanol–water partition coefficient (Wildman–Crippen LogP) is 1.46. The molecule has 3 unspecified atom stereocenters. The highest BCUT2D eigenvalue weighted by Crippen LogP contribution is 2.34. The number of hydrogen-bond donors (Lipinski definition) is 2. The van der Waals surface area contributed by atoms with Crippen LogP contribution in [0.5, 0.6) is 0 Å². The third-order valence-corrected chi connectivity index (χ3v) is 3.68. The summed E-state index contributed by atoms with van der Waals surface area (Å²) in [4.78, 5) is 12.0. The molecular formula is C13H15FN2O2. The molecule has 0 radical (unpaired) electrons. The Bertz CT molecular complexity index is 492. The fraction of sp³-hybridized carbons (Fsp3) is 0.462. The van der Waals surface area contributed by atoms with Gasteiger partial charge in [-0.3, -0.25) is 4.79 Å². The largest absolute Gasteiger partial charge is 0.398 e. The Labute approximate surface area is 104 Å². The van der Waals surface area contributed by atoms with Gasteiger partial charge < -0.3 is 15.8 Å². The minimum atomic E-state index is -0.460. The van der Waals surface area contributed by atoms with Crippen LogP contribution < -0.4 is 11.1 Å². The molecule has 1 amide bonds. The molecule has 0 aliphatic carbocycles.